The standard InChI is InChI=1S/C18H18FN3O2S/c1-4-24-18(23)15-11(3)21-17(14-8-25-9-20-14)22-16(15)13-6-5-12(19)7-10(13)2/h5-9,16H,4H2,1-3H3,(H,21,22). The van der Waals surface area contributed by atoms with Crippen molar-refractivity contribution in [2.75, 3.05) is 6.61 Å². The summed E-state index contributed by atoms with van der Waals surface area (Å²) in [6.07, 6.45) is 0. The van der Waals surface area contributed by atoms with E-state index >= 15 is 0 Å². The Morgan fingerprint density at radius 2 is 2.20 bits per heavy atom. The number of thiazole rings is 1. The van der Waals surface area contributed by atoms with Gasteiger partial charge in [0.2, 0.25) is 0 Å². The lowest BCUT2D eigenvalue weighted by Crippen LogP contribution is -2.33. The highest BCUT2D eigenvalue weighted by Crippen LogP contribution is 2.34. The summed E-state index contributed by atoms with van der Waals surface area (Å²) in [5.41, 5.74) is 5.00. The van der Waals surface area contributed by atoms with Crippen molar-refractivity contribution in [1.82, 2.24) is 10.3 Å². The van der Waals surface area contributed by atoms with Crippen molar-refractivity contribution in [3.05, 3.63) is 63.0 Å². The summed E-state index contributed by atoms with van der Waals surface area (Å²) in [7, 11) is 0. The van der Waals surface area contributed by atoms with Gasteiger partial charge in [-0.2, -0.15) is 0 Å². The molecule has 1 unspecified atom stereocenters. The number of nitrogens with one attached hydrogen (secondary N) is 1. The third kappa shape index (κ3) is 3.46. The maximum absolute atomic E-state index is 13.5. The zero-order valence-electron chi connectivity index (χ0n) is 14.2. The molecule has 1 aliphatic heterocycles. The van der Waals surface area contributed by atoms with Crippen molar-refractivity contribution in [1.29, 1.82) is 0 Å². The average Bonchev–Trinajstić information content (AvgIpc) is 3.08. The Hall–Kier alpha value is -2.54. The fourth-order valence-electron chi connectivity index (χ4n) is 2.78. The molecule has 2 heterocycles. The van der Waals surface area contributed by atoms with E-state index < -0.39 is 12.0 Å². The molecule has 1 N–H and O–H groups in total. The van der Waals surface area contributed by atoms with E-state index in [0.717, 1.165) is 11.1 Å². The smallest absolute Gasteiger partial charge is 0.338 e. The zero-order chi connectivity index (χ0) is 18.0. The first kappa shape index (κ1) is 17.3. The third-order valence-corrected chi connectivity index (χ3v) is 4.52. The minimum atomic E-state index is -0.572. The molecular weight excluding hydrogens is 341 g/mol. The van der Waals surface area contributed by atoms with E-state index in [0.29, 0.717) is 22.8 Å². The topological polar surface area (TPSA) is 63.6 Å². The van der Waals surface area contributed by atoms with Gasteiger partial charge in [0, 0.05) is 11.1 Å². The number of rotatable bonds is 4. The van der Waals surface area contributed by atoms with E-state index in [1.165, 1.54) is 23.5 Å². The highest BCUT2D eigenvalue weighted by Gasteiger charge is 2.31. The molecule has 2 aromatic rings. The number of ether oxygens (including phenoxy) is 1. The summed E-state index contributed by atoms with van der Waals surface area (Å²) in [5.74, 6) is -0.167. The molecule has 25 heavy (non-hydrogen) atoms. The number of halogens is 1. The number of carbonyl (C=O) groups excluding carboxylic acids is 1. The summed E-state index contributed by atoms with van der Waals surface area (Å²) >= 11 is 1.46. The number of esters is 1. The van der Waals surface area contributed by atoms with Gasteiger partial charge in [0.25, 0.3) is 0 Å². The van der Waals surface area contributed by atoms with Crippen molar-refractivity contribution in [2.45, 2.75) is 26.8 Å². The maximum atomic E-state index is 13.5. The molecule has 3 rings (SSSR count). The number of amidine groups is 1. The fourth-order valence-corrected chi connectivity index (χ4v) is 3.32. The van der Waals surface area contributed by atoms with Crippen molar-refractivity contribution >= 4 is 23.1 Å². The average molecular weight is 359 g/mol. The number of allylic oxidation sites excluding steroid dienone is 1. The third-order valence-electron chi connectivity index (χ3n) is 3.94. The Balaban J connectivity index is 2.11. The highest BCUT2D eigenvalue weighted by atomic mass is 32.1. The molecule has 1 atom stereocenters. The molecule has 7 heteroatoms. The van der Waals surface area contributed by atoms with Gasteiger partial charge in [0.15, 0.2) is 5.84 Å². The second-order valence-electron chi connectivity index (χ2n) is 5.64. The predicted molar refractivity (Wildman–Crippen MR) is 95.0 cm³/mol. The first-order chi connectivity index (χ1) is 12.0. The van der Waals surface area contributed by atoms with Crippen LogP contribution >= 0.6 is 11.3 Å². The monoisotopic (exact) mass is 359 g/mol. The van der Waals surface area contributed by atoms with Crippen LogP contribution in [0.1, 0.15) is 36.7 Å². The van der Waals surface area contributed by atoms with Crippen LogP contribution in [-0.2, 0) is 9.53 Å². The van der Waals surface area contributed by atoms with Gasteiger partial charge in [-0.3, -0.25) is 4.99 Å². The maximum Gasteiger partial charge on any atom is 0.338 e. The highest BCUT2D eigenvalue weighted by molar-refractivity contribution is 7.07. The lowest BCUT2D eigenvalue weighted by molar-refractivity contribution is -0.138. The number of aromatic nitrogens is 1. The van der Waals surface area contributed by atoms with Crippen molar-refractivity contribution in [3.8, 4) is 0 Å². The van der Waals surface area contributed by atoms with Crippen LogP contribution in [-0.4, -0.2) is 23.4 Å². The molecule has 0 aliphatic carbocycles. The van der Waals surface area contributed by atoms with Gasteiger partial charge in [-0.25, -0.2) is 14.2 Å². The number of benzene rings is 1. The molecule has 0 saturated carbocycles. The van der Waals surface area contributed by atoms with Gasteiger partial charge in [-0.05, 0) is 44.0 Å². The van der Waals surface area contributed by atoms with Gasteiger partial charge in [-0.15, -0.1) is 11.3 Å². The second kappa shape index (κ2) is 7.14. The number of hydrogen-bond donors (Lipinski definition) is 1. The lowest BCUT2D eigenvalue weighted by atomic mass is 9.92. The van der Waals surface area contributed by atoms with Gasteiger partial charge >= 0.3 is 5.97 Å². The zero-order valence-corrected chi connectivity index (χ0v) is 15.0. The van der Waals surface area contributed by atoms with Gasteiger partial charge in [0.1, 0.15) is 17.6 Å². The Labute approximate surface area is 149 Å². The number of hydrogen-bond acceptors (Lipinski definition) is 6. The van der Waals surface area contributed by atoms with Crippen molar-refractivity contribution < 1.29 is 13.9 Å². The van der Waals surface area contributed by atoms with E-state index in [1.54, 1.807) is 32.3 Å². The number of nitrogens with zero attached hydrogens (tertiary/aromatic N) is 2. The van der Waals surface area contributed by atoms with Gasteiger partial charge < -0.3 is 10.1 Å². The minimum Gasteiger partial charge on any atom is -0.463 e. The van der Waals surface area contributed by atoms with Crippen molar-refractivity contribution in [3.63, 3.8) is 0 Å². The Morgan fingerprint density at radius 1 is 1.40 bits per heavy atom. The van der Waals surface area contributed by atoms with E-state index in [1.807, 2.05) is 5.38 Å². The van der Waals surface area contributed by atoms with Crippen LogP contribution in [0.2, 0.25) is 0 Å². The molecule has 1 aromatic carbocycles. The summed E-state index contributed by atoms with van der Waals surface area (Å²) in [6.45, 7) is 5.63. The number of aryl methyl sites for hydroxylation is 1. The van der Waals surface area contributed by atoms with Gasteiger partial charge in [0.05, 0.1) is 17.7 Å². The molecular formula is C18H18FN3O2S. The molecule has 0 bridgehead atoms. The molecule has 0 amide bonds. The quantitative estimate of drug-likeness (QED) is 0.849. The summed E-state index contributed by atoms with van der Waals surface area (Å²) in [4.78, 5) is 21.4. The lowest BCUT2D eigenvalue weighted by Gasteiger charge is -2.26. The van der Waals surface area contributed by atoms with Crippen LogP contribution in [0.25, 0.3) is 0 Å². The Morgan fingerprint density at radius 3 is 2.84 bits per heavy atom. The molecule has 0 radical (unpaired) electrons. The van der Waals surface area contributed by atoms with Crippen LogP contribution in [0.15, 0.2) is 45.4 Å². The van der Waals surface area contributed by atoms with Gasteiger partial charge in [-0.1, -0.05) is 6.07 Å². The van der Waals surface area contributed by atoms with Crippen LogP contribution in [0.4, 0.5) is 4.39 Å². The Bertz CT molecular complexity index is 859. The molecule has 0 saturated heterocycles. The molecule has 0 spiro atoms. The first-order valence-electron chi connectivity index (χ1n) is 7.88. The molecule has 1 aromatic heterocycles. The summed E-state index contributed by atoms with van der Waals surface area (Å²) in [6, 6.07) is 3.90. The van der Waals surface area contributed by atoms with Crippen LogP contribution in [0, 0.1) is 12.7 Å². The van der Waals surface area contributed by atoms with E-state index in [9.17, 15) is 9.18 Å². The van der Waals surface area contributed by atoms with E-state index in [2.05, 4.69) is 15.3 Å². The van der Waals surface area contributed by atoms with Crippen LogP contribution in [0.3, 0.4) is 0 Å². The number of aliphatic imine (C=N–C) groups is 1. The predicted octanol–water partition coefficient (Wildman–Crippen LogP) is 3.52. The molecule has 130 valence electrons. The molecule has 0 fully saturated rings. The summed E-state index contributed by atoms with van der Waals surface area (Å²) in [5, 5.41) is 5.02. The second-order valence-corrected chi connectivity index (χ2v) is 6.36. The minimum absolute atomic E-state index is 0.271. The van der Waals surface area contributed by atoms with E-state index in [-0.39, 0.29) is 12.4 Å². The SMILES string of the molecule is CCOC(=O)C1=C(C)NC(c2cscn2)=NC1c1ccc(F)cc1C. The van der Waals surface area contributed by atoms with E-state index in [4.69, 9.17) is 4.74 Å². The van der Waals surface area contributed by atoms with Crippen molar-refractivity contribution in [2.24, 2.45) is 4.99 Å². The summed E-state index contributed by atoms with van der Waals surface area (Å²) < 4.78 is 18.7. The number of carbonyl (C=O) groups is 1. The largest absolute Gasteiger partial charge is 0.463 e. The van der Waals surface area contributed by atoms with Crippen LogP contribution in [0.5, 0.6) is 0 Å². The molecule has 1 aliphatic rings. The normalized spacial score (nSPS) is 17.1. The first-order valence-corrected chi connectivity index (χ1v) is 8.82. The van der Waals surface area contributed by atoms with Crippen LogP contribution < -0.4 is 5.32 Å². The fraction of sp³-hybridized carbons (Fsp3) is 0.278. The molecule has 5 nitrogen and oxygen atoms in total. The Kier molecular flexibility index (Phi) is 4.94.